The number of nitrogens with one attached hydrogen (secondary N) is 3. The third kappa shape index (κ3) is 8.50. The summed E-state index contributed by atoms with van der Waals surface area (Å²) >= 11 is 0. The van der Waals surface area contributed by atoms with E-state index in [0.29, 0.717) is 35.1 Å². The summed E-state index contributed by atoms with van der Waals surface area (Å²) in [5.41, 5.74) is 3.99. The summed E-state index contributed by atoms with van der Waals surface area (Å²) in [4.78, 5) is 24.8. The van der Waals surface area contributed by atoms with Gasteiger partial charge in [0.1, 0.15) is 11.6 Å². The van der Waals surface area contributed by atoms with Crippen LogP contribution in [0.1, 0.15) is 12.5 Å². The number of anilines is 4. The normalized spacial score (nSPS) is 11.7. The summed E-state index contributed by atoms with van der Waals surface area (Å²) in [6.45, 7) is 12.3. The molecule has 2 aromatic rings. The number of aliphatic imine (C=N–C) groups is 2. The van der Waals surface area contributed by atoms with Crippen molar-refractivity contribution in [3.63, 3.8) is 0 Å². The van der Waals surface area contributed by atoms with E-state index >= 15 is 0 Å². The van der Waals surface area contributed by atoms with Crippen LogP contribution in [0.15, 0.2) is 70.4 Å². The molecule has 0 fully saturated rings. The first-order valence-electron chi connectivity index (χ1n) is 11.9. The zero-order valence-electron chi connectivity index (χ0n) is 22.9. The second-order valence-corrected chi connectivity index (χ2v) is 8.79. The summed E-state index contributed by atoms with van der Waals surface area (Å²) < 4.78 is 5.65. The minimum atomic E-state index is -0.351. The van der Waals surface area contributed by atoms with Gasteiger partial charge in [0.05, 0.1) is 35.8 Å². The molecule has 0 aliphatic rings. The van der Waals surface area contributed by atoms with Gasteiger partial charge in [-0.3, -0.25) is 4.79 Å². The molecule has 3 N–H and O–H groups in total. The number of nitriles is 1. The number of guanidine groups is 1. The summed E-state index contributed by atoms with van der Waals surface area (Å²) in [6, 6.07) is 13.4. The van der Waals surface area contributed by atoms with E-state index in [4.69, 9.17) is 4.74 Å². The number of amides is 1. The lowest BCUT2D eigenvalue weighted by Gasteiger charge is -2.26. The van der Waals surface area contributed by atoms with Crippen molar-refractivity contribution < 1.29 is 9.53 Å². The van der Waals surface area contributed by atoms with E-state index in [1.54, 1.807) is 20.1 Å². The molecule has 10 heteroatoms. The van der Waals surface area contributed by atoms with Crippen molar-refractivity contribution in [3.05, 3.63) is 66.0 Å². The maximum atomic E-state index is 12.2. The van der Waals surface area contributed by atoms with E-state index in [9.17, 15) is 10.1 Å². The van der Waals surface area contributed by atoms with Gasteiger partial charge in [-0.25, -0.2) is 4.99 Å². The van der Waals surface area contributed by atoms with Crippen LogP contribution in [-0.2, 0) is 4.79 Å². The minimum Gasteiger partial charge on any atom is -0.494 e. The van der Waals surface area contributed by atoms with Crippen LogP contribution in [0.4, 0.5) is 22.7 Å². The Bertz CT molecular complexity index is 1270. The molecule has 0 unspecified atom stereocenters. The van der Waals surface area contributed by atoms with Gasteiger partial charge in [0.15, 0.2) is 0 Å². The van der Waals surface area contributed by atoms with E-state index in [1.807, 2.05) is 63.3 Å². The number of methoxy groups -OCH3 is 1. The fourth-order valence-corrected chi connectivity index (χ4v) is 3.35. The molecule has 0 spiro atoms. The van der Waals surface area contributed by atoms with E-state index in [-0.39, 0.29) is 11.9 Å². The molecule has 0 atom stereocenters. The third-order valence-electron chi connectivity index (χ3n) is 5.47. The smallest absolute Gasteiger partial charge is 0.247 e. The van der Waals surface area contributed by atoms with Gasteiger partial charge in [-0.05, 0) is 64.5 Å². The second kappa shape index (κ2) is 14.2. The Balaban J connectivity index is 2.52. The van der Waals surface area contributed by atoms with Gasteiger partial charge in [-0.15, -0.1) is 0 Å². The van der Waals surface area contributed by atoms with E-state index < -0.39 is 0 Å². The predicted octanol–water partition coefficient (Wildman–Crippen LogP) is 4.46. The maximum Gasteiger partial charge on any atom is 0.247 e. The Labute approximate surface area is 225 Å². The van der Waals surface area contributed by atoms with E-state index in [2.05, 4.69) is 50.2 Å². The molecule has 0 aromatic heterocycles. The van der Waals surface area contributed by atoms with Crippen molar-refractivity contribution in [2.75, 3.05) is 62.2 Å². The number of hydrogen-bond donors (Lipinski definition) is 3. The lowest BCUT2D eigenvalue weighted by atomic mass is 10.2. The van der Waals surface area contributed by atoms with Crippen LogP contribution in [0.2, 0.25) is 0 Å². The van der Waals surface area contributed by atoms with Crippen LogP contribution in [0.3, 0.4) is 0 Å². The van der Waals surface area contributed by atoms with Gasteiger partial charge >= 0.3 is 0 Å². The second-order valence-electron chi connectivity index (χ2n) is 8.79. The Morgan fingerprint density at radius 3 is 2.45 bits per heavy atom. The first-order valence-corrected chi connectivity index (χ1v) is 11.9. The Hall–Kier alpha value is -4.62. The van der Waals surface area contributed by atoms with Gasteiger partial charge in [-0.1, -0.05) is 18.7 Å². The molecular formula is C28H36N8O2. The number of likely N-dealkylation sites (N-methyl/N-ethyl adjacent to an activating group) is 2. The number of allylic oxidation sites excluding steroid dienone is 1. The fourth-order valence-electron chi connectivity index (χ4n) is 3.35. The van der Waals surface area contributed by atoms with Gasteiger partial charge < -0.3 is 30.5 Å². The molecule has 2 aromatic carbocycles. The summed E-state index contributed by atoms with van der Waals surface area (Å²) in [7, 11) is 7.48. The highest BCUT2D eigenvalue weighted by molar-refractivity contribution is 6.04. The molecule has 0 saturated carbocycles. The van der Waals surface area contributed by atoms with Crippen molar-refractivity contribution in [2.45, 2.75) is 13.8 Å². The van der Waals surface area contributed by atoms with Crippen LogP contribution in [0.25, 0.3) is 0 Å². The average molecular weight is 517 g/mol. The first kappa shape index (κ1) is 29.6. The number of hydrogen-bond acceptors (Lipinski definition) is 7. The van der Waals surface area contributed by atoms with Crippen molar-refractivity contribution in [3.8, 4) is 11.8 Å². The zero-order valence-corrected chi connectivity index (χ0v) is 22.9. The predicted molar refractivity (Wildman–Crippen MR) is 157 cm³/mol. The highest BCUT2D eigenvalue weighted by Gasteiger charge is 2.17. The number of nitrogens with zero attached hydrogens (tertiary/aromatic N) is 5. The maximum absolute atomic E-state index is 12.2. The molecule has 10 nitrogen and oxygen atoms in total. The monoisotopic (exact) mass is 516 g/mol. The molecule has 0 bridgehead atoms. The summed E-state index contributed by atoms with van der Waals surface area (Å²) in [6.07, 6.45) is 1.21. The van der Waals surface area contributed by atoms with Crippen LogP contribution >= 0.6 is 0 Å². The average Bonchev–Trinajstić information content (AvgIpc) is 2.90. The molecule has 0 saturated heterocycles. The lowest BCUT2D eigenvalue weighted by molar-refractivity contribution is -0.111. The highest BCUT2D eigenvalue weighted by Crippen LogP contribution is 2.37. The summed E-state index contributed by atoms with van der Waals surface area (Å²) in [5.74, 6) is 0.588. The van der Waals surface area contributed by atoms with Crippen molar-refractivity contribution >= 4 is 41.3 Å². The summed E-state index contributed by atoms with van der Waals surface area (Å²) in [5, 5.41) is 18.7. The molecule has 0 aliphatic carbocycles. The van der Waals surface area contributed by atoms with Gasteiger partial charge in [0, 0.05) is 31.9 Å². The number of carbonyl (C=O) groups is 1. The zero-order chi connectivity index (χ0) is 28.2. The third-order valence-corrected chi connectivity index (χ3v) is 5.47. The van der Waals surface area contributed by atoms with Gasteiger partial charge in [0.25, 0.3) is 0 Å². The molecule has 0 aliphatic heterocycles. The van der Waals surface area contributed by atoms with Gasteiger partial charge in [0.2, 0.25) is 11.9 Å². The minimum absolute atomic E-state index is 0.128. The van der Waals surface area contributed by atoms with Crippen molar-refractivity contribution in [2.24, 2.45) is 9.98 Å². The van der Waals surface area contributed by atoms with Crippen molar-refractivity contribution in [1.29, 1.82) is 5.26 Å². The highest BCUT2D eigenvalue weighted by atomic mass is 16.5. The molecule has 0 radical (unpaired) electrons. The Morgan fingerprint density at radius 2 is 1.87 bits per heavy atom. The lowest BCUT2D eigenvalue weighted by Crippen LogP contribution is -2.29. The molecule has 1 amide bonds. The SMILES string of the molecule is C=CC(=O)Nc1cc(NC(N=C)=N/C(Nc2cccc(C)c2)=C(\C)C#N)c(OC)cc1N(C)CCN(C)C. The van der Waals surface area contributed by atoms with E-state index in [1.165, 1.54) is 6.08 Å². The van der Waals surface area contributed by atoms with E-state index in [0.717, 1.165) is 23.5 Å². The molecule has 38 heavy (non-hydrogen) atoms. The fraction of sp³-hybridized carbons (Fsp3) is 0.286. The topological polar surface area (TPSA) is 117 Å². The first-order chi connectivity index (χ1) is 18.1. The van der Waals surface area contributed by atoms with Crippen LogP contribution in [-0.4, -0.2) is 64.8 Å². The van der Waals surface area contributed by atoms with Crippen LogP contribution in [0.5, 0.6) is 5.75 Å². The Kier molecular flexibility index (Phi) is 11.1. The number of rotatable bonds is 11. The van der Waals surface area contributed by atoms with Crippen LogP contribution in [0, 0.1) is 18.3 Å². The largest absolute Gasteiger partial charge is 0.494 e. The molecular weight excluding hydrogens is 480 g/mol. The van der Waals surface area contributed by atoms with Crippen molar-refractivity contribution in [1.82, 2.24) is 4.90 Å². The number of ether oxygens (including phenoxy) is 1. The molecule has 2 rings (SSSR count). The number of aryl methyl sites for hydroxylation is 1. The van der Waals surface area contributed by atoms with Gasteiger partial charge in [-0.2, -0.15) is 10.3 Å². The standard InChI is InChI=1S/C28H36N8O2/c1-9-26(37)32-22-16-23(25(38-8)17-24(22)36(7)14-13-35(5)6)33-28(30-4)34-27(20(3)18-29)31-21-12-10-11-19(2)15-21/h9-12,15-17,31H,1,4,13-14H2,2-3,5-8H3,(H,32,37)(H,33,34)/b27-20+. The molecule has 0 heterocycles. The quantitative estimate of drug-likeness (QED) is 0.175. The number of carbonyl (C=O) groups excluding carboxylic acids is 1. The number of benzene rings is 2. The Morgan fingerprint density at radius 1 is 1.13 bits per heavy atom. The molecule has 200 valence electrons. The van der Waals surface area contributed by atoms with Crippen LogP contribution < -0.4 is 25.6 Å².